The number of hydrogen-bond donors (Lipinski definition) is 1. The molecule has 0 atom stereocenters. The van der Waals surface area contributed by atoms with Gasteiger partial charge in [0.15, 0.2) is 0 Å². The summed E-state index contributed by atoms with van der Waals surface area (Å²) < 4.78 is 0. The van der Waals surface area contributed by atoms with Crippen LogP contribution in [-0.2, 0) is 26.2 Å². The topological polar surface area (TPSA) is 20.2 Å². The zero-order valence-electron chi connectivity index (χ0n) is 9.63. The summed E-state index contributed by atoms with van der Waals surface area (Å²) in [5, 5.41) is 10.2. The third-order valence-electron chi connectivity index (χ3n) is 3.08. The van der Waals surface area contributed by atoms with E-state index in [9.17, 15) is 5.11 Å². The fourth-order valence-electron chi connectivity index (χ4n) is 2.13. The number of aliphatic hydroxyl groups excluding tert-OH is 1. The van der Waals surface area contributed by atoms with E-state index in [1.165, 1.54) is 22.3 Å². The van der Waals surface area contributed by atoms with Crippen molar-refractivity contribution in [2.45, 2.75) is 32.8 Å². The molecular weight excluding hydrogens is 299 g/mol. The van der Waals surface area contributed by atoms with Gasteiger partial charge in [0.2, 0.25) is 0 Å². The zero-order valence-corrected chi connectivity index (χ0v) is 12.8. The smallest absolute Gasteiger partial charge is 0.0978 e. The number of aliphatic hydroxyl groups is 1. The predicted octanol–water partition coefficient (Wildman–Crippen LogP) is -0.0984. The van der Waals surface area contributed by atoms with Crippen molar-refractivity contribution in [2.24, 2.45) is 0 Å². The quantitative estimate of drug-likeness (QED) is 0.755. The van der Waals surface area contributed by atoms with E-state index in [2.05, 4.69) is 38.2 Å². The van der Waals surface area contributed by atoms with Crippen LogP contribution in [0.15, 0.2) is 46.6 Å². The van der Waals surface area contributed by atoms with Crippen molar-refractivity contribution in [3.8, 4) is 0 Å². The molecule has 0 heterocycles. The van der Waals surface area contributed by atoms with Gasteiger partial charge < -0.3 is 17.5 Å². The summed E-state index contributed by atoms with van der Waals surface area (Å²) in [5.41, 5.74) is 4.79. The Balaban J connectivity index is 0.00000112. The van der Waals surface area contributed by atoms with Gasteiger partial charge in [-0.25, -0.2) is 0 Å². The second-order valence-electron chi connectivity index (χ2n) is 4.03. The maximum absolute atomic E-state index is 10.2. The first-order chi connectivity index (χ1) is 6.70. The Morgan fingerprint density at radius 2 is 1.38 bits per heavy atom. The van der Waals surface area contributed by atoms with Crippen molar-refractivity contribution in [1.82, 2.24) is 0 Å². The first-order valence-electron chi connectivity index (χ1n) is 5.10. The van der Waals surface area contributed by atoms with Crippen LogP contribution in [0.4, 0.5) is 0 Å². The molecule has 0 aromatic rings. The van der Waals surface area contributed by atoms with Crippen LogP contribution in [0.1, 0.15) is 26.7 Å². The monoisotopic (exact) mass is 313 g/mol. The molecule has 0 saturated carbocycles. The summed E-state index contributed by atoms with van der Waals surface area (Å²) in [6.45, 7) is 4.14. The Kier molecular flexibility index (Phi) is 6.78. The van der Waals surface area contributed by atoms with Crippen molar-refractivity contribution >= 4 is 0 Å². The van der Waals surface area contributed by atoms with Crippen LogP contribution in [0.25, 0.3) is 0 Å². The summed E-state index contributed by atoms with van der Waals surface area (Å²) in [4.78, 5) is 0. The van der Waals surface area contributed by atoms with Gasteiger partial charge in [-0.2, -0.15) is 0 Å². The number of halogens is 1. The molecule has 0 spiro atoms. The van der Waals surface area contributed by atoms with E-state index in [4.69, 9.17) is 0 Å². The summed E-state index contributed by atoms with van der Waals surface area (Å²) >= 11 is 0. The first-order valence-corrected chi connectivity index (χ1v) is 5.10. The van der Waals surface area contributed by atoms with Gasteiger partial charge in [0.25, 0.3) is 0 Å². The average Bonchev–Trinajstić information content (AvgIpc) is 2.73. The third-order valence-corrected chi connectivity index (χ3v) is 3.08. The van der Waals surface area contributed by atoms with Crippen LogP contribution in [0, 0.1) is 0 Å². The second kappa shape index (κ2) is 6.74. The molecule has 0 aliphatic heterocycles. The molecule has 16 heavy (non-hydrogen) atoms. The van der Waals surface area contributed by atoms with Gasteiger partial charge >= 0.3 is 0 Å². The SMILES string of the molecule is CC1=C(C(O)C2=C(C)C=CC2)CC=C1.[Cl-].[Zr]. The Bertz CT molecular complexity index is 341. The van der Waals surface area contributed by atoms with E-state index in [-0.39, 0.29) is 44.7 Å². The second-order valence-corrected chi connectivity index (χ2v) is 4.03. The summed E-state index contributed by atoms with van der Waals surface area (Å²) in [5.74, 6) is 0. The van der Waals surface area contributed by atoms with Crippen LogP contribution in [0.3, 0.4) is 0 Å². The van der Waals surface area contributed by atoms with E-state index >= 15 is 0 Å². The minimum atomic E-state index is -0.361. The maximum atomic E-state index is 10.2. The molecule has 0 radical (unpaired) electrons. The van der Waals surface area contributed by atoms with Gasteiger partial charge in [0.05, 0.1) is 6.10 Å². The molecule has 0 aromatic carbocycles. The Labute approximate surface area is 123 Å². The molecule has 1 N–H and O–H groups in total. The van der Waals surface area contributed by atoms with Crippen molar-refractivity contribution in [2.75, 3.05) is 0 Å². The minimum absolute atomic E-state index is 0. The normalized spacial score (nSPS) is 18.2. The van der Waals surface area contributed by atoms with E-state index in [0.717, 1.165) is 12.8 Å². The van der Waals surface area contributed by atoms with Crippen LogP contribution in [-0.4, -0.2) is 11.2 Å². The van der Waals surface area contributed by atoms with Crippen LogP contribution in [0.5, 0.6) is 0 Å². The number of hydrogen-bond acceptors (Lipinski definition) is 1. The van der Waals surface area contributed by atoms with Gasteiger partial charge in [-0.15, -0.1) is 0 Å². The van der Waals surface area contributed by atoms with Crippen molar-refractivity contribution in [3.05, 3.63) is 46.6 Å². The predicted molar refractivity (Wildman–Crippen MR) is 58.9 cm³/mol. The van der Waals surface area contributed by atoms with E-state index < -0.39 is 0 Å². The molecule has 0 bridgehead atoms. The summed E-state index contributed by atoms with van der Waals surface area (Å²) in [6.07, 6.45) is 9.87. The molecule has 2 aliphatic rings. The van der Waals surface area contributed by atoms with Crippen LogP contribution >= 0.6 is 0 Å². The van der Waals surface area contributed by atoms with Gasteiger partial charge in [-0.1, -0.05) is 24.3 Å². The third kappa shape index (κ3) is 3.06. The van der Waals surface area contributed by atoms with E-state index in [1.807, 2.05) is 0 Å². The van der Waals surface area contributed by atoms with Crippen molar-refractivity contribution in [1.29, 1.82) is 0 Å². The maximum Gasteiger partial charge on any atom is 0.0978 e. The average molecular weight is 315 g/mol. The number of rotatable bonds is 2. The van der Waals surface area contributed by atoms with E-state index in [1.54, 1.807) is 0 Å². The van der Waals surface area contributed by atoms with Gasteiger partial charge in [0.1, 0.15) is 0 Å². The van der Waals surface area contributed by atoms with Crippen molar-refractivity contribution in [3.63, 3.8) is 0 Å². The van der Waals surface area contributed by atoms with Gasteiger partial charge in [-0.3, -0.25) is 0 Å². The fourth-order valence-corrected chi connectivity index (χ4v) is 2.13. The largest absolute Gasteiger partial charge is 1.00 e. The standard InChI is InChI=1S/C13H16O.ClH.Zr/c1-9-5-3-7-11(9)13(14)12-8-4-6-10(12)2;;/h3-6,13-14H,7-8H2,1-2H3;1H;/p-1. The summed E-state index contributed by atoms with van der Waals surface area (Å²) in [6, 6.07) is 0. The van der Waals surface area contributed by atoms with E-state index in [0.29, 0.717) is 0 Å². The molecule has 0 fully saturated rings. The van der Waals surface area contributed by atoms with Crippen LogP contribution < -0.4 is 12.4 Å². The first kappa shape index (κ1) is 16.1. The Morgan fingerprint density at radius 1 is 1.00 bits per heavy atom. The number of allylic oxidation sites excluding steroid dienone is 6. The molecule has 1 nitrogen and oxygen atoms in total. The fraction of sp³-hybridized carbons (Fsp3) is 0.385. The van der Waals surface area contributed by atoms with Gasteiger partial charge in [0, 0.05) is 26.2 Å². The minimum Gasteiger partial charge on any atom is -1.00 e. The Hall–Kier alpha value is 0.0931. The zero-order chi connectivity index (χ0) is 10.1. The van der Waals surface area contributed by atoms with Crippen molar-refractivity contribution < 1.29 is 43.7 Å². The molecule has 0 aromatic heterocycles. The molecule has 0 amide bonds. The summed E-state index contributed by atoms with van der Waals surface area (Å²) in [7, 11) is 0. The molecule has 2 rings (SSSR count). The molecular formula is C13H16ClOZr-. The molecule has 3 heteroatoms. The molecule has 2 aliphatic carbocycles. The molecule has 0 saturated heterocycles. The Morgan fingerprint density at radius 3 is 1.62 bits per heavy atom. The van der Waals surface area contributed by atoms with Gasteiger partial charge in [-0.05, 0) is 49.0 Å². The van der Waals surface area contributed by atoms with Crippen LogP contribution in [0.2, 0.25) is 0 Å². The molecule has 86 valence electrons. The molecule has 0 unspecified atom stereocenters.